The van der Waals surface area contributed by atoms with Gasteiger partial charge in [-0.2, -0.15) is 4.98 Å². The van der Waals surface area contributed by atoms with Gasteiger partial charge in [0.1, 0.15) is 11.5 Å². The number of carbonyl (C=O) groups is 1. The molecule has 5 aromatic rings. The zero-order valence-electron chi connectivity index (χ0n) is 24.3. The number of halogens is 1. The Morgan fingerprint density at radius 1 is 0.977 bits per heavy atom. The highest BCUT2D eigenvalue weighted by Crippen LogP contribution is 2.29. The van der Waals surface area contributed by atoms with Gasteiger partial charge in [0.25, 0.3) is 5.91 Å². The van der Waals surface area contributed by atoms with Crippen LogP contribution in [-0.4, -0.2) is 59.7 Å². The van der Waals surface area contributed by atoms with Gasteiger partial charge in [-0.05, 0) is 85.7 Å². The lowest BCUT2D eigenvalue weighted by atomic mass is 10.0. The fraction of sp³-hybridized carbons (Fsp3) is 0.242. The number of aromatic amines is 1. The molecule has 3 heterocycles. The molecule has 10 nitrogen and oxygen atoms in total. The van der Waals surface area contributed by atoms with Gasteiger partial charge in [-0.3, -0.25) is 9.36 Å². The summed E-state index contributed by atoms with van der Waals surface area (Å²) in [4.78, 5) is 36.2. The third-order valence-corrected chi connectivity index (χ3v) is 7.68. The summed E-state index contributed by atoms with van der Waals surface area (Å²) in [5.41, 5.74) is 10.9. The number of nitrogens with two attached hydrogens (primary N) is 1. The maximum Gasteiger partial charge on any atom is 0.354 e. The van der Waals surface area contributed by atoms with Gasteiger partial charge in [-0.1, -0.05) is 12.1 Å². The Labute approximate surface area is 254 Å². The van der Waals surface area contributed by atoms with Crippen molar-refractivity contribution in [3.63, 3.8) is 0 Å². The normalized spacial score (nSPS) is 13.4. The van der Waals surface area contributed by atoms with Crippen molar-refractivity contribution in [2.24, 2.45) is 5.73 Å². The number of nitrogens with zero attached hydrogens (tertiary/aromatic N) is 3. The van der Waals surface area contributed by atoms with Crippen LogP contribution in [-0.2, 0) is 6.54 Å². The van der Waals surface area contributed by atoms with Gasteiger partial charge in [0.2, 0.25) is 0 Å². The van der Waals surface area contributed by atoms with E-state index in [4.69, 9.17) is 5.73 Å². The van der Waals surface area contributed by atoms with E-state index in [1.54, 1.807) is 6.20 Å². The number of anilines is 2. The van der Waals surface area contributed by atoms with E-state index in [1.165, 1.54) is 28.8 Å². The van der Waals surface area contributed by atoms with E-state index in [0.717, 1.165) is 79.3 Å². The average Bonchev–Trinajstić information content (AvgIpc) is 3.47. The summed E-state index contributed by atoms with van der Waals surface area (Å²) in [7, 11) is 0. The molecular weight excluding hydrogens is 559 g/mol. The Morgan fingerprint density at radius 3 is 2.50 bits per heavy atom. The average molecular weight is 595 g/mol. The molecule has 1 aliphatic rings. The molecule has 1 saturated heterocycles. The first-order chi connectivity index (χ1) is 21.5. The number of piperazine rings is 1. The monoisotopic (exact) mass is 594 g/mol. The zero-order valence-corrected chi connectivity index (χ0v) is 24.3. The molecule has 1 amide bonds. The van der Waals surface area contributed by atoms with E-state index in [1.807, 2.05) is 48.5 Å². The van der Waals surface area contributed by atoms with Gasteiger partial charge in [0.05, 0.1) is 5.69 Å². The largest absolute Gasteiger partial charge is 0.369 e. The molecule has 6 N–H and O–H groups in total. The molecule has 2 aromatic heterocycles. The van der Waals surface area contributed by atoms with Crippen LogP contribution in [0.2, 0.25) is 0 Å². The fourth-order valence-electron chi connectivity index (χ4n) is 5.31. The van der Waals surface area contributed by atoms with Crippen molar-refractivity contribution in [3.05, 3.63) is 106 Å². The van der Waals surface area contributed by atoms with Gasteiger partial charge >= 0.3 is 5.69 Å². The maximum absolute atomic E-state index is 13.4. The molecule has 44 heavy (non-hydrogen) atoms. The Balaban J connectivity index is 1.31. The lowest BCUT2D eigenvalue weighted by Gasteiger charge is -2.30. The fourth-order valence-corrected chi connectivity index (χ4v) is 5.31. The first-order valence-electron chi connectivity index (χ1n) is 14.8. The van der Waals surface area contributed by atoms with Crippen LogP contribution in [0, 0.1) is 5.82 Å². The van der Waals surface area contributed by atoms with Crippen molar-refractivity contribution >= 4 is 28.3 Å². The van der Waals surface area contributed by atoms with Crippen molar-refractivity contribution in [1.29, 1.82) is 0 Å². The SMILES string of the molecule is NCCCNCc1ccc(-n2cc3cc(-c4cc(C(=O)Nc5ccc(F)cc5)cc(N5CCNCC5)c4)[nH]c3nc2=O)cc1. The highest BCUT2D eigenvalue weighted by atomic mass is 19.1. The molecule has 6 rings (SSSR count). The van der Waals surface area contributed by atoms with Crippen LogP contribution in [0.5, 0.6) is 0 Å². The zero-order chi connectivity index (χ0) is 30.5. The summed E-state index contributed by atoms with van der Waals surface area (Å²) in [6.45, 7) is 5.53. The number of fused-ring (bicyclic) bond motifs is 1. The molecule has 0 aliphatic carbocycles. The molecule has 0 unspecified atom stereocenters. The molecular formula is C33H35FN8O2. The van der Waals surface area contributed by atoms with Crippen LogP contribution >= 0.6 is 0 Å². The summed E-state index contributed by atoms with van der Waals surface area (Å²) in [6.07, 6.45) is 2.70. The van der Waals surface area contributed by atoms with Crippen LogP contribution in [0.3, 0.4) is 0 Å². The Morgan fingerprint density at radius 2 is 1.75 bits per heavy atom. The number of carbonyl (C=O) groups excluding carboxylic acids is 1. The molecule has 11 heteroatoms. The number of nitrogens with one attached hydrogen (secondary N) is 4. The summed E-state index contributed by atoms with van der Waals surface area (Å²) in [5, 5.41) is 10.3. The van der Waals surface area contributed by atoms with Gasteiger partial charge in [0.15, 0.2) is 0 Å². The number of amides is 1. The highest BCUT2D eigenvalue weighted by molar-refractivity contribution is 6.05. The van der Waals surface area contributed by atoms with Gasteiger partial charge < -0.3 is 31.6 Å². The lowest BCUT2D eigenvalue weighted by molar-refractivity contribution is 0.102. The number of H-pyrrole nitrogens is 1. The highest BCUT2D eigenvalue weighted by Gasteiger charge is 2.17. The molecule has 0 atom stereocenters. The quantitative estimate of drug-likeness (QED) is 0.156. The van der Waals surface area contributed by atoms with E-state index in [0.29, 0.717) is 23.4 Å². The lowest BCUT2D eigenvalue weighted by Crippen LogP contribution is -2.43. The van der Waals surface area contributed by atoms with Crippen molar-refractivity contribution < 1.29 is 9.18 Å². The topological polar surface area (TPSA) is 133 Å². The van der Waals surface area contributed by atoms with E-state index in [9.17, 15) is 14.0 Å². The van der Waals surface area contributed by atoms with Crippen LogP contribution in [0.1, 0.15) is 22.3 Å². The van der Waals surface area contributed by atoms with Gasteiger partial charge in [-0.25, -0.2) is 9.18 Å². The van der Waals surface area contributed by atoms with Gasteiger partial charge in [0, 0.05) is 72.5 Å². The van der Waals surface area contributed by atoms with Crippen LogP contribution in [0.25, 0.3) is 28.0 Å². The minimum Gasteiger partial charge on any atom is -0.369 e. The second-order valence-electron chi connectivity index (χ2n) is 10.8. The smallest absolute Gasteiger partial charge is 0.354 e. The van der Waals surface area contributed by atoms with E-state index in [2.05, 4.69) is 30.8 Å². The summed E-state index contributed by atoms with van der Waals surface area (Å²) in [6, 6.07) is 21.1. The molecule has 1 aliphatic heterocycles. The number of benzene rings is 3. The van der Waals surface area contributed by atoms with E-state index >= 15 is 0 Å². The second-order valence-corrected chi connectivity index (χ2v) is 10.8. The summed E-state index contributed by atoms with van der Waals surface area (Å²) < 4.78 is 14.9. The minimum absolute atomic E-state index is 0.304. The minimum atomic E-state index is -0.395. The molecule has 226 valence electrons. The summed E-state index contributed by atoms with van der Waals surface area (Å²) in [5.74, 6) is -0.675. The molecule has 0 bridgehead atoms. The third-order valence-electron chi connectivity index (χ3n) is 7.68. The number of aromatic nitrogens is 3. The number of rotatable bonds is 10. The Kier molecular flexibility index (Phi) is 8.78. The predicted octanol–water partition coefficient (Wildman–Crippen LogP) is 3.62. The van der Waals surface area contributed by atoms with Crippen molar-refractivity contribution in [3.8, 4) is 16.9 Å². The Hall–Kier alpha value is -4.84. The van der Waals surface area contributed by atoms with Crippen molar-refractivity contribution in [2.75, 3.05) is 49.5 Å². The van der Waals surface area contributed by atoms with Crippen molar-refractivity contribution in [2.45, 2.75) is 13.0 Å². The van der Waals surface area contributed by atoms with Gasteiger partial charge in [-0.15, -0.1) is 0 Å². The summed E-state index contributed by atoms with van der Waals surface area (Å²) >= 11 is 0. The molecule has 0 spiro atoms. The van der Waals surface area contributed by atoms with E-state index in [-0.39, 0.29) is 11.7 Å². The first kappa shape index (κ1) is 29.2. The van der Waals surface area contributed by atoms with Crippen LogP contribution < -0.4 is 32.3 Å². The first-order valence-corrected chi connectivity index (χ1v) is 14.8. The van der Waals surface area contributed by atoms with E-state index < -0.39 is 5.69 Å². The second kappa shape index (κ2) is 13.2. The molecule has 1 fully saturated rings. The predicted molar refractivity (Wildman–Crippen MR) is 172 cm³/mol. The molecule has 0 saturated carbocycles. The number of hydrogen-bond acceptors (Lipinski definition) is 7. The third kappa shape index (κ3) is 6.70. The molecule has 3 aromatic carbocycles. The van der Waals surface area contributed by atoms with Crippen molar-refractivity contribution in [1.82, 2.24) is 25.2 Å². The standard InChI is InChI=1S/C33H35FN8O2/c34-26-4-6-27(7-5-26)38-32(43)24-16-23(17-29(18-24)41-14-12-36-13-15-41)30-19-25-21-42(33(44)40-31(25)39-30)28-8-2-22(3-9-28)20-37-11-1-10-35/h2-9,16-19,21,36-37H,1,10-15,20,35H2,(H,38,43)(H,39,40,44). The van der Waals surface area contributed by atoms with Crippen LogP contribution in [0.15, 0.2) is 83.8 Å². The maximum atomic E-state index is 13.4. The molecule has 0 radical (unpaired) electrons. The van der Waals surface area contributed by atoms with Crippen LogP contribution in [0.4, 0.5) is 15.8 Å². The number of hydrogen-bond donors (Lipinski definition) is 5. The Bertz CT molecular complexity index is 1810.